The molecule has 0 bridgehead atoms. The molecule has 0 aliphatic heterocycles. The van der Waals surface area contributed by atoms with E-state index in [0.29, 0.717) is 5.75 Å². The van der Waals surface area contributed by atoms with Crippen molar-refractivity contribution in [1.29, 1.82) is 0 Å². The average Bonchev–Trinajstić information content (AvgIpc) is 2.47. The van der Waals surface area contributed by atoms with Gasteiger partial charge in [0, 0.05) is 6.20 Å². The summed E-state index contributed by atoms with van der Waals surface area (Å²) in [5, 5.41) is 2.15. The minimum Gasteiger partial charge on any atom is -0.438 e. The Labute approximate surface area is 115 Å². The number of fused-ring (bicyclic) bond motifs is 1. The zero-order valence-electron chi connectivity index (χ0n) is 10.5. The van der Waals surface area contributed by atoms with Crippen molar-refractivity contribution >= 4 is 16.7 Å². The number of nitrogens with two attached hydrogens (primary N) is 1. The molecule has 5 heteroatoms. The summed E-state index contributed by atoms with van der Waals surface area (Å²) in [5.41, 5.74) is 5.41. The Hall–Kier alpha value is -2.95. The Morgan fingerprint density at radius 3 is 2.70 bits per heavy atom. The second-order valence-electron chi connectivity index (χ2n) is 4.22. The Balaban J connectivity index is 1.99. The van der Waals surface area contributed by atoms with Gasteiger partial charge in [-0.3, -0.25) is 4.79 Å². The van der Waals surface area contributed by atoms with Gasteiger partial charge in [0.25, 0.3) is 5.91 Å². The highest BCUT2D eigenvalue weighted by Crippen LogP contribution is 2.25. The number of carbonyl (C=O) groups is 1. The van der Waals surface area contributed by atoms with E-state index < -0.39 is 5.91 Å². The van der Waals surface area contributed by atoms with Crippen LogP contribution in [0.1, 0.15) is 10.4 Å². The van der Waals surface area contributed by atoms with E-state index in [4.69, 9.17) is 10.5 Å². The monoisotopic (exact) mass is 265 g/mol. The highest BCUT2D eigenvalue weighted by Gasteiger charge is 2.11. The number of nitrogens with zero attached hydrogens (tertiary/aromatic N) is 2. The van der Waals surface area contributed by atoms with E-state index in [-0.39, 0.29) is 11.4 Å². The highest BCUT2D eigenvalue weighted by molar-refractivity contribution is 5.94. The number of aromatic nitrogens is 2. The van der Waals surface area contributed by atoms with Crippen LogP contribution in [0.4, 0.5) is 0 Å². The molecule has 3 rings (SSSR count). The summed E-state index contributed by atoms with van der Waals surface area (Å²) in [4.78, 5) is 19.0. The molecule has 20 heavy (non-hydrogen) atoms. The fraction of sp³-hybridized carbons (Fsp3) is 0. The first-order valence-corrected chi connectivity index (χ1v) is 6.00. The molecule has 0 unspecified atom stereocenters. The van der Waals surface area contributed by atoms with E-state index >= 15 is 0 Å². The SMILES string of the molecule is NC(=O)c1cncnc1Oc1ccc2ccccc2c1. The van der Waals surface area contributed by atoms with Gasteiger partial charge in [0.05, 0.1) is 0 Å². The van der Waals surface area contributed by atoms with Crippen LogP contribution in [0.15, 0.2) is 55.0 Å². The molecule has 0 aliphatic rings. The molecule has 0 radical (unpaired) electrons. The summed E-state index contributed by atoms with van der Waals surface area (Å²) < 4.78 is 5.63. The molecule has 0 fully saturated rings. The molecule has 1 heterocycles. The minimum atomic E-state index is -0.624. The zero-order chi connectivity index (χ0) is 13.9. The maximum absolute atomic E-state index is 11.3. The number of amides is 1. The molecule has 0 aliphatic carbocycles. The van der Waals surface area contributed by atoms with Crippen LogP contribution in [0.3, 0.4) is 0 Å². The number of hydrogen-bond donors (Lipinski definition) is 1. The lowest BCUT2D eigenvalue weighted by Gasteiger charge is -2.08. The normalized spacial score (nSPS) is 10.4. The summed E-state index contributed by atoms with van der Waals surface area (Å²) >= 11 is 0. The van der Waals surface area contributed by atoms with E-state index in [1.54, 1.807) is 0 Å². The highest BCUT2D eigenvalue weighted by atomic mass is 16.5. The molecule has 98 valence electrons. The second kappa shape index (κ2) is 4.97. The van der Waals surface area contributed by atoms with Gasteiger partial charge in [-0.15, -0.1) is 0 Å². The van der Waals surface area contributed by atoms with Crippen LogP contribution < -0.4 is 10.5 Å². The largest absolute Gasteiger partial charge is 0.438 e. The smallest absolute Gasteiger partial charge is 0.255 e. The van der Waals surface area contributed by atoms with Gasteiger partial charge in [0.15, 0.2) is 0 Å². The van der Waals surface area contributed by atoms with Crippen molar-refractivity contribution in [3.63, 3.8) is 0 Å². The molecule has 2 N–H and O–H groups in total. The molecule has 0 saturated heterocycles. The summed E-state index contributed by atoms with van der Waals surface area (Å²) in [6, 6.07) is 13.5. The third kappa shape index (κ3) is 2.29. The van der Waals surface area contributed by atoms with E-state index in [2.05, 4.69) is 9.97 Å². The second-order valence-corrected chi connectivity index (χ2v) is 4.22. The molecule has 1 amide bonds. The first kappa shape index (κ1) is 12.1. The lowest BCUT2D eigenvalue weighted by molar-refractivity contribution is 0.0997. The number of hydrogen-bond acceptors (Lipinski definition) is 4. The third-order valence-corrected chi connectivity index (χ3v) is 2.88. The Kier molecular flexibility index (Phi) is 3.01. The predicted molar refractivity (Wildman–Crippen MR) is 74.6 cm³/mol. The van der Waals surface area contributed by atoms with E-state index in [9.17, 15) is 4.79 Å². The first-order valence-electron chi connectivity index (χ1n) is 6.00. The number of carbonyl (C=O) groups excluding carboxylic acids is 1. The van der Waals surface area contributed by atoms with E-state index in [0.717, 1.165) is 10.8 Å². The van der Waals surface area contributed by atoms with E-state index in [1.165, 1.54) is 12.5 Å². The molecule has 0 atom stereocenters. The lowest BCUT2D eigenvalue weighted by Crippen LogP contribution is -2.13. The molecule has 1 aromatic heterocycles. The van der Waals surface area contributed by atoms with Gasteiger partial charge < -0.3 is 10.5 Å². The first-order chi connectivity index (χ1) is 9.74. The van der Waals surface area contributed by atoms with Crippen LogP contribution in [0.2, 0.25) is 0 Å². The van der Waals surface area contributed by atoms with Crippen LogP contribution in [0, 0.1) is 0 Å². The van der Waals surface area contributed by atoms with Crippen molar-refractivity contribution < 1.29 is 9.53 Å². The molecule has 2 aromatic carbocycles. The average molecular weight is 265 g/mol. The van der Waals surface area contributed by atoms with Crippen LogP contribution in [0.5, 0.6) is 11.6 Å². The number of ether oxygens (including phenoxy) is 1. The zero-order valence-corrected chi connectivity index (χ0v) is 10.5. The van der Waals surface area contributed by atoms with Gasteiger partial charge in [0.2, 0.25) is 5.88 Å². The summed E-state index contributed by atoms with van der Waals surface area (Å²) in [7, 11) is 0. The lowest BCUT2D eigenvalue weighted by atomic mass is 10.1. The van der Waals surface area contributed by atoms with Crippen molar-refractivity contribution in [2.24, 2.45) is 5.73 Å². The maximum Gasteiger partial charge on any atom is 0.255 e. The number of benzene rings is 2. The predicted octanol–water partition coefficient (Wildman–Crippen LogP) is 2.52. The van der Waals surface area contributed by atoms with Gasteiger partial charge in [-0.1, -0.05) is 30.3 Å². The van der Waals surface area contributed by atoms with Gasteiger partial charge >= 0.3 is 0 Å². The Morgan fingerprint density at radius 1 is 1.10 bits per heavy atom. The van der Waals surface area contributed by atoms with Crippen LogP contribution in [-0.4, -0.2) is 15.9 Å². The fourth-order valence-corrected chi connectivity index (χ4v) is 1.91. The van der Waals surface area contributed by atoms with Crippen LogP contribution >= 0.6 is 0 Å². The molecule has 5 nitrogen and oxygen atoms in total. The van der Waals surface area contributed by atoms with Crippen molar-refractivity contribution in [2.75, 3.05) is 0 Å². The van der Waals surface area contributed by atoms with Gasteiger partial charge in [-0.2, -0.15) is 0 Å². The van der Waals surface area contributed by atoms with Crippen molar-refractivity contribution in [2.45, 2.75) is 0 Å². The molecular formula is C15H11N3O2. The van der Waals surface area contributed by atoms with Gasteiger partial charge in [-0.05, 0) is 22.9 Å². The molecule has 0 spiro atoms. The van der Waals surface area contributed by atoms with Crippen molar-refractivity contribution in [3.05, 3.63) is 60.6 Å². The van der Waals surface area contributed by atoms with Crippen molar-refractivity contribution in [1.82, 2.24) is 9.97 Å². The standard InChI is InChI=1S/C15H11N3O2/c16-14(19)13-8-17-9-18-15(13)20-12-6-5-10-3-1-2-4-11(10)7-12/h1-9H,(H2,16,19). The number of rotatable bonds is 3. The summed E-state index contributed by atoms with van der Waals surface area (Å²) in [6.45, 7) is 0. The van der Waals surface area contributed by atoms with Crippen LogP contribution in [0.25, 0.3) is 10.8 Å². The van der Waals surface area contributed by atoms with Crippen molar-refractivity contribution in [3.8, 4) is 11.6 Å². The van der Waals surface area contributed by atoms with Gasteiger partial charge in [-0.25, -0.2) is 9.97 Å². The summed E-state index contributed by atoms with van der Waals surface area (Å²) in [6.07, 6.45) is 2.65. The summed E-state index contributed by atoms with van der Waals surface area (Å²) in [5.74, 6) is 0.120. The molecule has 3 aromatic rings. The molecule has 0 saturated carbocycles. The Morgan fingerprint density at radius 2 is 1.90 bits per heavy atom. The topological polar surface area (TPSA) is 78.1 Å². The van der Waals surface area contributed by atoms with Crippen LogP contribution in [-0.2, 0) is 0 Å². The van der Waals surface area contributed by atoms with Gasteiger partial charge in [0.1, 0.15) is 17.6 Å². The Bertz CT molecular complexity index is 787. The van der Waals surface area contributed by atoms with E-state index in [1.807, 2.05) is 42.5 Å². The number of primary amides is 1. The molecular weight excluding hydrogens is 254 g/mol. The minimum absolute atomic E-state index is 0.153. The third-order valence-electron chi connectivity index (χ3n) is 2.88. The quantitative estimate of drug-likeness (QED) is 0.789. The maximum atomic E-state index is 11.3. The fourth-order valence-electron chi connectivity index (χ4n) is 1.91.